The van der Waals surface area contributed by atoms with Gasteiger partial charge in [0.05, 0.1) is 9.26 Å². The second-order valence-electron chi connectivity index (χ2n) is 4.99. The molecule has 0 radical (unpaired) electrons. The molecule has 0 aliphatic heterocycles. The molecule has 6 heteroatoms. The molecule has 0 saturated heterocycles. The summed E-state index contributed by atoms with van der Waals surface area (Å²) in [4.78, 5) is 9.10. The highest BCUT2D eigenvalue weighted by Gasteiger charge is 2.23. The van der Waals surface area contributed by atoms with Gasteiger partial charge in [-0.1, -0.05) is 12.8 Å². The van der Waals surface area contributed by atoms with Crippen LogP contribution in [0, 0.1) is 3.57 Å². The van der Waals surface area contributed by atoms with E-state index >= 15 is 0 Å². The molecule has 0 atom stereocenters. The molecule has 2 aromatic rings. The first-order valence-corrected chi connectivity index (χ1v) is 7.56. The van der Waals surface area contributed by atoms with Crippen molar-refractivity contribution in [1.82, 2.24) is 19.7 Å². The van der Waals surface area contributed by atoms with Crippen molar-refractivity contribution < 1.29 is 0 Å². The van der Waals surface area contributed by atoms with Crippen LogP contribution in [0.2, 0.25) is 0 Å². The van der Waals surface area contributed by atoms with E-state index in [2.05, 4.69) is 32.7 Å². The van der Waals surface area contributed by atoms with E-state index < -0.39 is 0 Å². The zero-order chi connectivity index (χ0) is 13.4. The standard InChI is InChI=1S/C13H16IN5/c1-19-7-6-9(18-19)13-16-11(8-4-2-3-5-8)10(14)12(15)17-13/h6-8H,2-5H2,1H3,(H2,15,16,17). The third kappa shape index (κ3) is 2.45. The number of anilines is 1. The minimum absolute atomic E-state index is 0.527. The summed E-state index contributed by atoms with van der Waals surface area (Å²) < 4.78 is 2.76. The quantitative estimate of drug-likeness (QED) is 0.827. The van der Waals surface area contributed by atoms with E-state index in [1.54, 1.807) is 4.68 Å². The average molecular weight is 369 g/mol. The van der Waals surface area contributed by atoms with Gasteiger partial charge in [0.1, 0.15) is 11.5 Å². The monoisotopic (exact) mass is 369 g/mol. The fourth-order valence-corrected chi connectivity index (χ4v) is 3.28. The number of aryl methyl sites for hydroxylation is 1. The number of nitrogens with zero attached hydrogens (tertiary/aromatic N) is 4. The summed E-state index contributed by atoms with van der Waals surface area (Å²) in [7, 11) is 1.89. The predicted octanol–water partition coefficient (Wildman–Crippen LogP) is 2.72. The third-order valence-corrected chi connectivity index (χ3v) is 4.69. The summed E-state index contributed by atoms with van der Waals surface area (Å²) in [5, 5.41) is 4.35. The highest BCUT2D eigenvalue weighted by molar-refractivity contribution is 14.1. The van der Waals surface area contributed by atoms with Crippen molar-refractivity contribution in [3.63, 3.8) is 0 Å². The largest absolute Gasteiger partial charge is 0.383 e. The molecule has 1 fully saturated rings. The fraction of sp³-hybridized carbons (Fsp3) is 0.462. The Hall–Kier alpha value is -1.18. The number of hydrogen-bond acceptors (Lipinski definition) is 4. The molecule has 1 aliphatic carbocycles. The molecule has 0 amide bonds. The van der Waals surface area contributed by atoms with Crippen molar-refractivity contribution in [2.24, 2.45) is 7.05 Å². The van der Waals surface area contributed by atoms with Gasteiger partial charge in [0.15, 0.2) is 5.82 Å². The summed E-state index contributed by atoms with van der Waals surface area (Å²) >= 11 is 2.26. The van der Waals surface area contributed by atoms with Crippen LogP contribution in [0.5, 0.6) is 0 Å². The van der Waals surface area contributed by atoms with Gasteiger partial charge in [-0.2, -0.15) is 5.10 Å². The van der Waals surface area contributed by atoms with Gasteiger partial charge in [-0.3, -0.25) is 4.68 Å². The van der Waals surface area contributed by atoms with Gasteiger partial charge in [0, 0.05) is 19.2 Å². The topological polar surface area (TPSA) is 69.6 Å². The van der Waals surface area contributed by atoms with Crippen molar-refractivity contribution >= 4 is 28.4 Å². The molecule has 1 aliphatic rings. The van der Waals surface area contributed by atoms with Crippen molar-refractivity contribution in [1.29, 1.82) is 0 Å². The normalized spacial score (nSPS) is 16.1. The lowest BCUT2D eigenvalue weighted by molar-refractivity contribution is 0.690. The van der Waals surface area contributed by atoms with Gasteiger partial charge in [-0.25, -0.2) is 9.97 Å². The number of hydrogen-bond donors (Lipinski definition) is 1. The van der Waals surface area contributed by atoms with Crippen molar-refractivity contribution in [2.45, 2.75) is 31.6 Å². The second kappa shape index (κ2) is 5.07. The Morgan fingerprint density at radius 2 is 2.05 bits per heavy atom. The van der Waals surface area contributed by atoms with Gasteiger partial charge >= 0.3 is 0 Å². The molecule has 0 unspecified atom stereocenters. The molecule has 1 saturated carbocycles. The molecular formula is C13H16IN5. The maximum atomic E-state index is 6.04. The second-order valence-corrected chi connectivity index (χ2v) is 6.07. The molecular weight excluding hydrogens is 353 g/mol. The molecule has 2 aromatic heterocycles. The number of aromatic nitrogens is 4. The lowest BCUT2D eigenvalue weighted by Crippen LogP contribution is -2.08. The smallest absolute Gasteiger partial charge is 0.182 e. The van der Waals surface area contributed by atoms with Crippen LogP contribution in [0.4, 0.5) is 5.82 Å². The molecule has 5 nitrogen and oxygen atoms in total. The first-order chi connectivity index (χ1) is 9.15. The van der Waals surface area contributed by atoms with E-state index in [1.807, 2.05) is 19.3 Å². The fourth-order valence-electron chi connectivity index (χ4n) is 2.60. The van der Waals surface area contributed by atoms with Crippen LogP contribution in [0.25, 0.3) is 11.5 Å². The van der Waals surface area contributed by atoms with Crippen LogP contribution in [-0.4, -0.2) is 19.7 Å². The Morgan fingerprint density at radius 1 is 1.32 bits per heavy atom. The molecule has 0 aromatic carbocycles. The SMILES string of the molecule is Cn1ccc(-c2nc(N)c(I)c(C3CCCC3)n2)n1. The zero-order valence-electron chi connectivity index (χ0n) is 10.8. The summed E-state index contributed by atoms with van der Waals surface area (Å²) in [5.74, 6) is 1.73. The maximum Gasteiger partial charge on any atom is 0.182 e. The first kappa shape index (κ1) is 12.8. The average Bonchev–Trinajstić information content (AvgIpc) is 3.03. The van der Waals surface area contributed by atoms with Crippen molar-refractivity contribution in [3.8, 4) is 11.5 Å². The van der Waals surface area contributed by atoms with Gasteiger partial charge < -0.3 is 5.73 Å². The van der Waals surface area contributed by atoms with Crippen LogP contribution in [0.3, 0.4) is 0 Å². The van der Waals surface area contributed by atoms with Crippen LogP contribution >= 0.6 is 22.6 Å². The number of nitrogen functional groups attached to an aromatic ring is 1. The Kier molecular flexibility index (Phi) is 3.42. The van der Waals surface area contributed by atoms with Crippen molar-refractivity contribution in [2.75, 3.05) is 5.73 Å². The van der Waals surface area contributed by atoms with Gasteiger partial charge in [-0.05, 0) is 41.5 Å². The number of rotatable bonds is 2. The summed E-state index contributed by atoms with van der Waals surface area (Å²) in [6.45, 7) is 0. The predicted molar refractivity (Wildman–Crippen MR) is 82.6 cm³/mol. The van der Waals surface area contributed by atoms with Crippen LogP contribution in [0.15, 0.2) is 12.3 Å². The van der Waals surface area contributed by atoms with E-state index in [9.17, 15) is 0 Å². The Morgan fingerprint density at radius 3 is 2.68 bits per heavy atom. The van der Waals surface area contributed by atoms with Crippen molar-refractivity contribution in [3.05, 3.63) is 21.5 Å². The van der Waals surface area contributed by atoms with Crippen LogP contribution in [0.1, 0.15) is 37.3 Å². The molecule has 100 valence electrons. The highest BCUT2D eigenvalue weighted by atomic mass is 127. The molecule has 2 N–H and O–H groups in total. The van der Waals surface area contributed by atoms with E-state index in [-0.39, 0.29) is 0 Å². The molecule has 3 rings (SSSR count). The maximum absolute atomic E-state index is 6.04. The van der Waals surface area contributed by atoms with Gasteiger partial charge in [0.2, 0.25) is 0 Å². The number of nitrogens with two attached hydrogens (primary N) is 1. The Balaban J connectivity index is 2.06. The first-order valence-electron chi connectivity index (χ1n) is 6.48. The lowest BCUT2D eigenvalue weighted by Gasteiger charge is -2.13. The van der Waals surface area contributed by atoms with Gasteiger partial charge in [-0.15, -0.1) is 0 Å². The van der Waals surface area contributed by atoms with Gasteiger partial charge in [0.25, 0.3) is 0 Å². The highest BCUT2D eigenvalue weighted by Crippen LogP contribution is 2.37. The third-order valence-electron chi connectivity index (χ3n) is 3.59. The zero-order valence-corrected chi connectivity index (χ0v) is 13.0. The molecule has 19 heavy (non-hydrogen) atoms. The Bertz CT molecular complexity index is 601. The minimum Gasteiger partial charge on any atom is -0.383 e. The summed E-state index contributed by atoms with van der Waals surface area (Å²) in [5.41, 5.74) is 7.93. The van der Waals surface area contributed by atoms with E-state index in [4.69, 9.17) is 10.7 Å². The van der Waals surface area contributed by atoms with Crippen LogP contribution < -0.4 is 5.73 Å². The number of halogens is 1. The molecule has 0 bridgehead atoms. The summed E-state index contributed by atoms with van der Waals surface area (Å²) in [6.07, 6.45) is 6.86. The molecule has 0 spiro atoms. The van der Waals surface area contributed by atoms with Crippen LogP contribution in [-0.2, 0) is 7.05 Å². The lowest BCUT2D eigenvalue weighted by atomic mass is 10.0. The molecule has 2 heterocycles. The Labute approximate surface area is 125 Å². The minimum atomic E-state index is 0.527. The van der Waals surface area contributed by atoms with E-state index in [0.29, 0.717) is 17.6 Å². The summed E-state index contributed by atoms with van der Waals surface area (Å²) in [6, 6.07) is 1.92. The van der Waals surface area contributed by atoms with E-state index in [0.717, 1.165) is 15.0 Å². The van der Waals surface area contributed by atoms with E-state index in [1.165, 1.54) is 25.7 Å².